The van der Waals surface area contributed by atoms with Gasteiger partial charge in [-0.3, -0.25) is 4.79 Å². The van der Waals surface area contributed by atoms with Crippen LogP contribution < -0.4 is 9.47 Å². The number of carbonyl (C=O) groups is 1. The molecular weight excluding hydrogens is 288 g/mol. The molecular formula is C17H15ClO3. The number of methoxy groups -OCH3 is 2. The lowest BCUT2D eigenvalue weighted by Crippen LogP contribution is -1.99. The van der Waals surface area contributed by atoms with Crippen LogP contribution in [-0.4, -0.2) is 20.0 Å². The first-order valence-corrected chi connectivity index (χ1v) is 6.72. The number of allylic oxidation sites excluding steroid dienone is 1. The molecule has 21 heavy (non-hydrogen) atoms. The van der Waals surface area contributed by atoms with Gasteiger partial charge in [0.1, 0.15) is 11.5 Å². The van der Waals surface area contributed by atoms with Crippen molar-refractivity contribution in [2.45, 2.75) is 0 Å². The first-order valence-electron chi connectivity index (χ1n) is 6.34. The molecule has 108 valence electrons. The summed E-state index contributed by atoms with van der Waals surface area (Å²) in [6.07, 6.45) is 3.20. The van der Waals surface area contributed by atoms with E-state index in [0.717, 1.165) is 5.56 Å². The average Bonchev–Trinajstić information content (AvgIpc) is 2.52. The number of carbonyl (C=O) groups excluding carboxylic acids is 1. The Labute approximate surface area is 128 Å². The van der Waals surface area contributed by atoms with E-state index in [1.807, 2.05) is 12.1 Å². The van der Waals surface area contributed by atoms with E-state index in [4.69, 9.17) is 21.1 Å². The molecule has 0 unspecified atom stereocenters. The van der Waals surface area contributed by atoms with Gasteiger partial charge in [-0.25, -0.2) is 0 Å². The topological polar surface area (TPSA) is 35.5 Å². The van der Waals surface area contributed by atoms with E-state index >= 15 is 0 Å². The number of hydrogen-bond donors (Lipinski definition) is 0. The lowest BCUT2D eigenvalue weighted by molar-refractivity contribution is 0.104. The number of ketones is 1. The Morgan fingerprint density at radius 2 is 1.90 bits per heavy atom. The van der Waals surface area contributed by atoms with Crippen molar-refractivity contribution >= 4 is 23.5 Å². The fourth-order valence-corrected chi connectivity index (χ4v) is 2.08. The summed E-state index contributed by atoms with van der Waals surface area (Å²) in [5.74, 6) is 0.956. The van der Waals surface area contributed by atoms with E-state index in [9.17, 15) is 4.79 Å². The maximum atomic E-state index is 12.3. The third-order valence-electron chi connectivity index (χ3n) is 2.95. The minimum absolute atomic E-state index is 0.161. The molecule has 0 N–H and O–H groups in total. The number of halogens is 1. The quantitative estimate of drug-likeness (QED) is 0.612. The minimum Gasteiger partial charge on any atom is -0.497 e. The molecule has 0 saturated carbocycles. The number of rotatable bonds is 5. The number of ether oxygens (including phenoxy) is 2. The van der Waals surface area contributed by atoms with Crippen LogP contribution in [0.25, 0.3) is 6.08 Å². The highest BCUT2D eigenvalue weighted by molar-refractivity contribution is 6.30. The molecule has 0 aliphatic heterocycles. The molecule has 0 spiro atoms. The molecule has 0 fully saturated rings. The maximum absolute atomic E-state index is 12.3. The maximum Gasteiger partial charge on any atom is 0.189 e. The summed E-state index contributed by atoms with van der Waals surface area (Å²) in [7, 11) is 3.08. The summed E-state index contributed by atoms with van der Waals surface area (Å²) in [6, 6.07) is 12.4. The highest BCUT2D eigenvalue weighted by atomic mass is 35.5. The molecule has 0 heterocycles. The summed E-state index contributed by atoms with van der Waals surface area (Å²) in [6.45, 7) is 0. The highest BCUT2D eigenvalue weighted by Crippen LogP contribution is 2.25. The van der Waals surface area contributed by atoms with Crippen molar-refractivity contribution in [1.29, 1.82) is 0 Å². The lowest BCUT2D eigenvalue weighted by atomic mass is 10.1. The van der Waals surface area contributed by atoms with Crippen LogP contribution >= 0.6 is 11.6 Å². The summed E-state index contributed by atoms with van der Waals surface area (Å²) in [5, 5.41) is 0.628. The van der Waals surface area contributed by atoms with Crippen molar-refractivity contribution in [2.75, 3.05) is 14.2 Å². The largest absolute Gasteiger partial charge is 0.497 e. The molecule has 0 aliphatic carbocycles. The molecule has 2 aromatic carbocycles. The van der Waals surface area contributed by atoms with Crippen LogP contribution in [0.5, 0.6) is 11.5 Å². The number of benzene rings is 2. The second-order valence-electron chi connectivity index (χ2n) is 4.32. The van der Waals surface area contributed by atoms with Gasteiger partial charge in [0, 0.05) is 5.02 Å². The van der Waals surface area contributed by atoms with Crippen LogP contribution in [-0.2, 0) is 0 Å². The summed E-state index contributed by atoms with van der Waals surface area (Å²) >= 11 is 5.91. The Morgan fingerprint density at radius 3 is 2.57 bits per heavy atom. The van der Waals surface area contributed by atoms with Gasteiger partial charge in [-0.1, -0.05) is 29.8 Å². The highest BCUT2D eigenvalue weighted by Gasteiger charge is 2.11. The Bertz CT molecular complexity index is 677. The van der Waals surface area contributed by atoms with Crippen LogP contribution in [0.1, 0.15) is 15.9 Å². The van der Waals surface area contributed by atoms with Gasteiger partial charge in [0.15, 0.2) is 5.78 Å². The fourth-order valence-electron chi connectivity index (χ4n) is 1.88. The summed E-state index contributed by atoms with van der Waals surface area (Å²) < 4.78 is 10.3. The van der Waals surface area contributed by atoms with E-state index in [1.165, 1.54) is 13.2 Å². The van der Waals surface area contributed by atoms with Gasteiger partial charge in [0.05, 0.1) is 19.8 Å². The van der Waals surface area contributed by atoms with Gasteiger partial charge in [-0.05, 0) is 42.0 Å². The van der Waals surface area contributed by atoms with Crippen molar-refractivity contribution in [3.05, 3.63) is 64.7 Å². The molecule has 0 aromatic heterocycles. The van der Waals surface area contributed by atoms with E-state index < -0.39 is 0 Å². The van der Waals surface area contributed by atoms with E-state index in [-0.39, 0.29) is 5.78 Å². The zero-order valence-corrected chi connectivity index (χ0v) is 12.6. The zero-order valence-electron chi connectivity index (χ0n) is 11.8. The van der Waals surface area contributed by atoms with Crippen LogP contribution in [0.15, 0.2) is 48.5 Å². The van der Waals surface area contributed by atoms with Gasteiger partial charge in [0.2, 0.25) is 0 Å². The molecule has 0 bridgehead atoms. The third-order valence-corrected chi connectivity index (χ3v) is 3.18. The predicted molar refractivity (Wildman–Crippen MR) is 84.4 cm³/mol. The third kappa shape index (κ3) is 3.86. The van der Waals surface area contributed by atoms with Crippen molar-refractivity contribution in [3.8, 4) is 11.5 Å². The Kier molecular flexibility index (Phi) is 5.01. The van der Waals surface area contributed by atoms with Crippen molar-refractivity contribution < 1.29 is 14.3 Å². The molecule has 3 nitrogen and oxygen atoms in total. The second-order valence-corrected chi connectivity index (χ2v) is 4.76. The normalized spacial score (nSPS) is 10.6. The smallest absolute Gasteiger partial charge is 0.189 e. The summed E-state index contributed by atoms with van der Waals surface area (Å²) in [5.41, 5.74) is 1.31. The average molecular weight is 303 g/mol. The molecule has 0 saturated heterocycles. The van der Waals surface area contributed by atoms with Gasteiger partial charge in [0.25, 0.3) is 0 Å². The molecule has 0 aliphatic rings. The molecule has 0 atom stereocenters. The van der Waals surface area contributed by atoms with Crippen LogP contribution in [0, 0.1) is 0 Å². The van der Waals surface area contributed by atoms with E-state index in [1.54, 1.807) is 43.5 Å². The standard InChI is InChI=1S/C17H15ClO3/c1-20-14-7-9-17(21-2)15(11-14)16(19)8-6-12-4-3-5-13(18)10-12/h3-11H,1-2H3/b8-6+. The van der Waals surface area contributed by atoms with Gasteiger partial charge >= 0.3 is 0 Å². The lowest BCUT2D eigenvalue weighted by Gasteiger charge is -2.07. The van der Waals surface area contributed by atoms with Gasteiger partial charge < -0.3 is 9.47 Å². The van der Waals surface area contributed by atoms with Crippen molar-refractivity contribution in [2.24, 2.45) is 0 Å². The van der Waals surface area contributed by atoms with Crippen LogP contribution in [0.4, 0.5) is 0 Å². The Morgan fingerprint density at radius 1 is 1.10 bits per heavy atom. The molecule has 0 radical (unpaired) electrons. The van der Waals surface area contributed by atoms with Crippen LogP contribution in [0.2, 0.25) is 5.02 Å². The number of hydrogen-bond acceptors (Lipinski definition) is 3. The predicted octanol–water partition coefficient (Wildman–Crippen LogP) is 4.25. The van der Waals surface area contributed by atoms with Crippen molar-refractivity contribution in [1.82, 2.24) is 0 Å². The Balaban J connectivity index is 2.27. The summed E-state index contributed by atoms with van der Waals surface area (Å²) in [4.78, 5) is 12.3. The molecule has 2 rings (SSSR count). The Hall–Kier alpha value is -2.26. The van der Waals surface area contributed by atoms with Gasteiger partial charge in [-0.2, -0.15) is 0 Å². The SMILES string of the molecule is COc1ccc(OC)c(C(=O)/C=C/c2cccc(Cl)c2)c1. The van der Waals surface area contributed by atoms with E-state index in [0.29, 0.717) is 22.1 Å². The first-order chi connectivity index (χ1) is 10.1. The second kappa shape index (κ2) is 6.95. The zero-order chi connectivity index (χ0) is 15.2. The van der Waals surface area contributed by atoms with Gasteiger partial charge in [-0.15, -0.1) is 0 Å². The molecule has 2 aromatic rings. The minimum atomic E-state index is -0.161. The first kappa shape index (κ1) is 15.1. The fraction of sp³-hybridized carbons (Fsp3) is 0.118. The monoisotopic (exact) mass is 302 g/mol. The van der Waals surface area contributed by atoms with E-state index in [2.05, 4.69) is 0 Å². The van der Waals surface area contributed by atoms with Crippen molar-refractivity contribution in [3.63, 3.8) is 0 Å². The molecule has 0 amide bonds. The van der Waals surface area contributed by atoms with Crippen LogP contribution in [0.3, 0.4) is 0 Å². The molecule has 4 heteroatoms.